The van der Waals surface area contributed by atoms with Crippen LogP contribution >= 0.6 is 27.5 Å². The molecule has 2 rings (SSSR count). The lowest BCUT2D eigenvalue weighted by Crippen LogP contribution is -2.03. The highest BCUT2D eigenvalue weighted by Crippen LogP contribution is 2.25. The molecule has 0 amide bonds. The summed E-state index contributed by atoms with van der Waals surface area (Å²) < 4.78 is 0.793. The molecule has 2 aromatic carbocycles. The van der Waals surface area contributed by atoms with Crippen molar-refractivity contribution in [3.63, 3.8) is 0 Å². The molecule has 0 aliphatic heterocycles. The van der Waals surface area contributed by atoms with Crippen LogP contribution in [0, 0.1) is 13.8 Å². The van der Waals surface area contributed by atoms with Crippen molar-refractivity contribution in [1.29, 1.82) is 0 Å². The van der Waals surface area contributed by atoms with Crippen LogP contribution in [0.5, 0.6) is 0 Å². The first-order valence-electron chi connectivity index (χ1n) is 5.56. The largest absolute Gasteiger partial charge is 0.289 e. The van der Waals surface area contributed by atoms with Crippen molar-refractivity contribution in [1.82, 2.24) is 0 Å². The van der Waals surface area contributed by atoms with Crippen LogP contribution < -0.4 is 0 Å². The molecule has 1 nitrogen and oxygen atoms in total. The minimum atomic E-state index is 0.00176. The van der Waals surface area contributed by atoms with Gasteiger partial charge in [0.05, 0.1) is 5.02 Å². The van der Waals surface area contributed by atoms with Crippen LogP contribution in [-0.2, 0) is 0 Å². The Labute approximate surface area is 120 Å². The van der Waals surface area contributed by atoms with E-state index >= 15 is 0 Å². The number of rotatable bonds is 2. The molecule has 0 atom stereocenters. The summed E-state index contributed by atoms with van der Waals surface area (Å²) in [5, 5.41) is 0.547. The molecular formula is C15H12BrClO. The number of hydrogen-bond donors (Lipinski definition) is 0. The second kappa shape index (κ2) is 5.25. The highest BCUT2D eigenvalue weighted by molar-refractivity contribution is 9.10. The lowest BCUT2D eigenvalue weighted by atomic mass is 9.98. The Hall–Kier alpha value is -1.12. The highest BCUT2D eigenvalue weighted by atomic mass is 79.9. The van der Waals surface area contributed by atoms with Gasteiger partial charge in [0, 0.05) is 15.6 Å². The van der Waals surface area contributed by atoms with Crippen LogP contribution in [0.15, 0.2) is 40.9 Å². The van der Waals surface area contributed by atoms with E-state index in [2.05, 4.69) is 15.9 Å². The second-order valence-electron chi connectivity index (χ2n) is 4.28. The van der Waals surface area contributed by atoms with E-state index in [0.29, 0.717) is 10.6 Å². The summed E-state index contributed by atoms with van der Waals surface area (Å²) in [6, 6.07) is 11.1. The lowest BCUT2D eigenvalue weighted by molar-refractivity contribution is 0.103. The third-order valence-electron chi connectivity index (χ3n) is 2.81. The molecule has 0 aliphatic rings. The summed E-state index contributed by atoms with van der Waals surface area (Å²) in [6.45, 7) is 3.96. The normalized spacial score (nSPS) is 10.4. The summed E-state index contributed by atoms with van der Waals surface area (Å²) in [4.78, 5) is 12.4. The molecule has 0 unspecified atom stereocenters. The van der Waals surface area contributed by atoms with Gasteiger partial charge in [-0.3, -0.25) is 4.79 Å². The molecule has 0 N–H and O–H groups in total. The fraction of sp³-hybridized carbons (Fsp3) is 0.133. The van der Waals surface area contributed by atoms with Gasteiger partial charge in [-0.15, -0.1) is 0 Å². The molecule has 0 heterocycles. The van der Waals surface area contributed by atoms with Crippen LogP contribution in [0.2, 0.25) is 5.02 Å². The van der Waals surface area contributed by atoms with Crippen LogP contribution in [0.1, 0.15) is 27.0 Å². The van der Waals surface area contributed by atoms with Crippen molar-refractivity contribution >= 4 is 33.3 Å². The van der Waals surface area contributed by atoms with Crippen LogP contribution in [0.25, 0.3) is 0 Å². The van der Waals surface area contributed by atoms with E-state index in [4.69, 9.17) is 11.6 Å². The number of carbonyl (C=O) groups is 1. The van der Waals surface area contributed by atoms with Crippen molar-refractivity contribution in [2.24, 2.45) is 0 Å². The molecule has 0 saturated heterocycles. The average molecular weight is 324 g/mol. The van der Waals surface area contributed by atoms with E-state index in [1.54, 1.807) is 18.2 Å². The first-order chi connectivity index (χ1) is 8.49. The van der Waals surface area contributed by atoms with Crippen molar-refractivity contribution in [2.75, 3.05) is 0 Å². The minimum absolute atomic E-state index is 0.00176. The second-order valence-corrected chi connectivity index (χ2v) is 5.54. The zero-order valence-electron chi connectivity index (χ0n) is 10.1. The standard InChI is InChI=1S/C15H12BrClO/c1-9-3-5-12(10(2)7-9)15(18)11-4-6-13(16)14(17)8-11/h3-8H,1-2H3. The Morgan fingerprint density at radius 3 is 2.44 bits per heavy atom. The van der Waals surface area contributed by atoms with Crippen molar-refractivity contribution in [3.05, 3.63) is 68.1 Å². The van der Waals surface area contributed by atoms with Gasteiger partial charge < -0.3 is 0 Å². The summed E-state index contributed by atoms with van der Waals surface area (Å²) >= 11 is 9.33. The highest BCUT2D eigenvalue weighted by Gasteiger charge is 2.12. The first kappa shape index (κ1) is 13.3. The topological polar surface area (TPSA) is 17.1 Å². The van der Waals surface area contributed by atoms with Crippen LogP contribution in [0.4, 0.5) is 0 Å². The monoisotopic (exact) mass is 322 g/mol. The predicted molar refractivity (Wildman–Crippen MR) is 78.5 cm³/mol. The van der Waals surface area contributed by atoms with E-state index in [9.17, 15) is 4.79 Å². The number of ketones is 1. The van der Waals surface area contributed by atoms with Crippen LogP contribution in [0.3, 0.4) is 0 Å². The van der Waals surface area contributed by atoms with Gasteiger partial charge in [-0.1, -0.05) is 35.4 Å². The molecular weight excluding hydrogens is 312 g/mol. The smallest absolute Gasteiger partial charge is 0.193 e. The Balaban J connectivity index is 2.44. The molecule has 0 radical (unpaired) electrons. The molecule has 0 fully saturated rings. The average Bonchev–Trinajstić information content (AvgIpc) is 2.32. The third kappa shape index (κ3) is 2.65. The Kier molecular flexibility index (Phi) is 3.88. The quantitative estimate of drug-likeness (QED) is 0.715. The van der Waals surface area contributed by atoms with Gasteiger partial charge in [0.2, 0.25) is 0 Å². The Morgan fingerprint density at radius 2 is 1.83 bits per heavy atom. The summed E-state index contributed by atoms with van der Waals surface area (Å²) in [5.74, 6) is 0.00176. The fourth-order valence-electron chi connectivity index (χ4n) is 1.86. The number of hydrogen-bond acceptors (Lipinski definition) is 1. The zero-order chi connectivity index (χ0) is 13.3. The van der Waals surface area contributed by atoms with Crippen molar-refractivity contribution in [2.45, 2.75) is 13.8 Å². The zero-order valence-corrected chi connectivity index (χ0v) is 12.5. The van der Waals surface area contributed by atoms with Crippen LogP contribution in [-0.4, -0.2) is 5.78 Å². The number of carbonyl (C=O) groups excluding carboxylic acids is 1. The fourth-order valence-corrected chi connectivity index (χ4v) is 2.29. The van der Waals surface area contributed by atoms with Gasteiger partial charge in [-0.25, -0.2) is 0 Å². The van der Waals surface area contributed by atoms with Gasteiger partial charge in [0.25, 0.3) is 0 Å². The van der Waals surface area contributed by atoms with Gasteiger partial charge >= 0.3 is 0 Å². The molecule has 18 heavy (non-hydrogen) atoms. The van der Waals surface area contributed by atoms with E-state index < -0.39 is 0 Å². The summed E-state index contributed by atoms with van der Waals surface area (Å²) in [5.41, 5.74) is 3.46. The summed E-state index contributed by atoms with van der Waals surface area (Å²) in [6.07, 6.45) is 0. The molecule has 0 spiro atoms. The third-order valence-corrected chi connectivity index (χ3v) is 4.04. The maximum absolute atomic E-state index is 12.4. The SMILES string of the molecule is Cc1ccc(C(=O)c2ccc(Br)c(Cl)c2)c(C)c1. The van der Waals surface area contributed by atoms with E-state index in [1.807, 2.05) is 32.0 Å². The molecule has 0 aliphatic carbocycles. The molecule has 92 valence electrons. The van der Waals surface area contributed by atoms with Gasteiger partial charge in [0.15, 0.2) is 5.78 Å². The number of halogens is 2. The maximum atomic E-state index is 12.4. The van der Waals surface area contributed by atoms with Crippen molar-refractivity contribution in [3.8, 4) is 0 Å². The number of aryl methyl sites for hydroxylation is 2. The van der Waals surface area contributed by atoms with E-state index in [1.165, 1.54) is 0 Å². The summed E-state index contributed by atoms with van der Waals surface area (Å²) in [7, 11) is 0. The molecule has 0 saturated carbocycles. The van der Waals surface area contributed by atoms with Gasteiger partial charge in [-0.2, -0.15) is 0 Å². The van der Waals surface area contributed by atoms with Gasteiger partial charge in [-0.05, 0) is 53.5 Å². The molecule has 0 aromatic heterocycles. The van der Waals surface area contributed by atoms with Crippen molar-refractivity contribution < 1.29 is 4.79 Å². The predicted octanol–water partition coefficient (Wildman–Crippen LogP) is 4.95. The molecule has 3 heteroatoms. The minimum Gasteiger partial charge on any atom is -0.289 e. The van der Waals surface area contributed by atoms with E-state index in [-0.39, 0.29) is 5.78 Å². The van der Waals surface area contributed by atoms with E-state index in [0.717, 1.165) is 21.2 Å². The number of benzene rings is 2. The Bertz CT molecular complexity index is 620. The van der Waals surface area contributed by atoms with Gasteiger partial charge in [0.1, 0.15) is 0 Å². The Morgan fingerprint density at radius 1 is 1.11 bits per heavy atom. The first-order valence-corrected chi connectivity index (χ1v) is 6.73. The lowest BCUT2D eigenvalue weighted by Gasteiger charge is -2.07. The molecule has 0 bridgehead atoms. The molecule has 2 aromatic rings. The maximum Gasteiger partial charge on any atom is 0.193 e.